The highest BCUT2D eigenvalue weighted by Crippen LogP contribution is 2.32. The zero-order valence-corrected chi connectivity index (χ0v) is 14.3. The minimum atomic E-state index is -0.301. The number of nitrogens with zero attached hydrogens (tertiary/aromatic N) is 1. The van der Waals surface area contributed by atoms with Crippen molar-refractivity contribution < 1.29 is 9.18 Å². The van der Waals surface area contributed by atoms with Gasteiger partial charge in [-0.05, 0) is 73.5 Å². The number of nitrogens with one attached hydrogen (secondary N) is 1. The van der Waals surface area contributed by atoms with Gasteiger partial charge in [0.25, 0.3) is 5.91 Å². The number of piperidine rings is 2. The van der Waals surface area contributed by atoms with Crippen LogP contribution in [0.5, 0.6) is 0 Å². The monoisotopic (exact) mass is 402 g/mol. The first-order valence-corrected chi connectivity index (χ1v) is 8.60. The maximum Gasteiger partial charge on any atom is 0.252 e. The van der Waals surface area contributed by atoms with E-state index in [-0.39, 0.29) is 17.8 Å². The second-order valence-electron chi connectivity index (χ2n) is 6.17. The molecule has 2 bridgehead atoms. The standard InChI is InChI=1S/C16H20FIN2O/c1-20-12-3-2-4-13(20)9-11(8-12)19-16(21)14-6-5-10(17)7-15(14)18/h5-7,11-13H,2-4,8-9H2,1H3,(H,19,21). The largest absolute Gasteiger partial charge is 0.349 e. The summed E-state index contributed by atoms with van der Waals surface area (Å²) < 4.78 is 13.8. The van der Waals surface area contributed by atoms with E-state index in [1.54, 1.807) is 6.07 Å². The molecule has 0 saturated carbocycles. The second kappa shape index (κ2) is 6.20. The van der Waals surface area contributed by atoms with Gasteiger partial charge in [0, 0.05) is 21.7 Å². The molecule has 3 nitrogen and oxygen atoms in total. The number of fused-ring (bicyclic) bond motifs is 2. The van der Waals surface area contributed by atoms with Crippen molar-refractivity contribution in [1.82, 2.24) is 10.2 Å². The Labute approximate surface area is 138 Å². The number of carbonyl (C=O) groups excluding carboxylic acids is 1. The Morgan fingerprint density at radius 2 is 2.00 bits per heavy atom. The van der Waals surface area contributed by atoms with Crippen LogP contribution in [0.3, 0.4) is 0 Å². The van der Waals surface area contributed by atoms with Crippen LogP contribution < -0.4 is 5.32 Å². The summed E-state index contributed by atoms with van der Waals surface area (Å²) in [6, 6.07) is 5.75. The van der Waals surface area contributed by atoms with Gasteiger partial charge in [-0.1, -0.05) is 6.42 Å². The first-order valence-electron chi connectivity index (χ1n) is 7.52. The van der Waals surface area contributed by atoms with Crippen molar-refractivity contribution in [3.05, 3.63) is 33.1 Å². The van der Waals surface area contributed by atoms with Gasteiger partial charge in [-0.25, -0.2) is 4.39 Å². The minimum absolute atomic E-state index is 0.0768. The maximum atomic E-state index is 13.1. The quantitative estimate of drug-likeness (QED) is 0.771. The Kier molecular flexibility index (Phi) is 4.49. The van der Waals surface area contributed by atoms with Crippen molar-refractivity contribution in [2.24, 2.45) is 0 Å². The lowest BCUT2D eigenvalue weighted by atomic mass is 9.82. The molecule has 5 heteroatoms. The van der Waals surface area contributed by atoms with Crippen LogP contribution in [0.2, 0.25) is 0 Å². The van der Waals surface area contributed by atoms with Gasteiger partial charge < -0.3 is 10.2 Å². The Balaban J connectivity index is 1.68. The normalized spacial score (nSPS) is 29.2. The summed E-state index contributed by atoms with van der Waals surface area (Å²) in [5.74, 6) is -0.378. The molecule has 2 heterocycles. The van der Waals surface area contributed by atoms with Crippen LogP contribution in [-0.4, -0.2) is 36.0 Å². The summed E-state index contributed by atoms with van der Waals surface area (Å²) >= 11 is 2.02. The zero-order chi connectivity index (χ0) is 15.0. The predicted octanol–water partition coefficient (Wildman–Crippen LogP) is 3.18. The smallest absolute Gasteiger partial charge is 0.252 e. The molecule has 2 saturated heterocycles. The number of carbonyl (C=O) groups is 1. The van der Waals surface area contributed by atoms with Gasteiger partial charge in [0.1, 0.15) is 5.82 Å². The molecule has 3 rings (SSSR count). The highest BCUT2D eigenvalue weighted by molar-refractivity contribution is 14.1. The highest BCUT2D eigenvalue weighted by atomic mass is 127. The average Bonchev–Trinajstić information content (AvgIpc) is 2.39. The summed E-state index contributed by atoms with van der Waals surface area (Å²) in [5, 5.41) is 3.15. The van der Waals surface area contributed by atoms with Crippen molar-refractivity contribution in [2.45, 2.75) is 50.2 Å². The first kappa shape index (κ1) is 15.2. The summed E-state index contributed by atoms with van der Waals surface area (Å²) in [4.78, 5) is 14.9. The molecule has 0 radical (unpaired) electrons. The first-order chi connectivity index (χ1) is 10.0. The Morgan fingerprint density at radius 1 is 1.33 bits per heavy atom. The van der Waals surface area contributed by atoms with E-state index in [9.17, 15) is 9.18 Å². The number of amides is 1. The van der Waals surface area contributed by atoms with Gasteiger partial charge >= 0.3 is 0 Å². The fraction of sp³-hybridized carbons (Fsp3) is 0.562. The lowest BCUT2D eigenvalue weighted by molar-refractivity contribution is 0.0463. The molecular formula is C16H20FIN2O. The third-order valence-corrected chi connectivity index (χ3v) is 5.74. The molecule has 1 amide bonds. The summed E-state index contributed by atoms with van der Waals surface area (Å²) in [6.45, 7) is 0. The third kappa shape index (κ3) is 3.23. The lowest BCUT2D eigenvalue weighted by Crippen LogP contribution is -2.55. The maximum absolute atomic E-state index is 13.1. The average molecular weight is 402 g/mol. The molecular weight excluding hydrogens is 382 g/mol. The Bertz CT molecular complexity index is 537. The van der Waals surface area contributed by atoms with Gasteiger partial charge in [0.2, 0.25) is 0 Å². The topological polar surface area (TPSA) is 32.3 Å². The van der Waals surface area contributed by atoms with E-state index in [2.05, 4.69) is 17.3 Å². The second-order valence-corrected chi connectivity index (χ2v) is 7.33. The van der Waals surface area contributed by atoms with E-state index in [1.165, 1.54) is 31.4 Å². The molecule has 0 aliphatic carbocycles. The SMILES string of the molecule is CN1C2CCCC1CC(NC(=O)c1ccc(F)cc1I)C2. The molecule has 1 N–H and O–H groups in total. The van der Waals surface area contributed by atoms with Gasteiger partial charge in [0.05, 0.1) is 5.56 Å². The fourth-order valence-corrected chi connectivity index (χ4v) is 4.39. The molecule has 2 aliphatic rings. The van der Waals surface area contributed by atoms with Crippen molar-refractivity contribution in [3.63, 3.8) is 0 Å². The van der Waals surface area contributed by atoms with Crippen molar-refractivity contribution in [3.8, 4) is 0 Å². The number of rotatable bonds is 2. The molecule has 21 heavy (non-hydrogen) atoms. The van der Waals surface area contributed by atoms with Crippen LogP contribution in [0.25, 0.3) is 0 Å². The number of benzene rings is 1. The Hall–Kier alpha value is -0.690. The Morgan fingerprint density at radius 3 is 2.62 bits per heavy atom. The van der Waals surface area contributed by atoms with Crippen LogP contribution in [0, 0.1) is 9.39 Å². The van der Waals surface area contributed by atoms with E-state index < -0.39 is 0 Å². The van der Waals surface area contributed by atoms with Crippen LogP contribution >= 0.6 is 22.6 Å². The minimum Gasteiger partial charge on any atom is -0.349 e. The highest BCUT2D eigenvalue weighted by Gasteiger charge is 2.36. The molecule has 2 unspecified atom stereocenters. The molecule has 1 aromatic rings. The molecule has 1 aromatic carbocycles. The van der Waals surface area contributed by atoms with Crippen LogP contribution in [0.15, 0.2) is 18.2 Å². The summed E-state index contributed by atoms with van der Waals surface area (Å²) in [7, 11) is 2.20. The summed E-state index contributed by atoms with van der Waals surface area (Å²) in [5.41, 5.74) is 0.570. The van der Waals surface area contributed by atoms with E-state index in [0.717, 1.165) is 12.8 Å². The van der Waals surface area contributed by atoms with Gasteiger partial charge in [-0.2, -0.15) is 0 Å². The van der Waals surface area contributed by atoms with Crippen molar-refractivity contribution >= 4 is 28.5 Å². The van der Waals surface area contributed by atoms with E-state index in [1.807, 2.05) is 22.6 Å². The van der Waals surface area contributed by atoms with Gasteiger partial charge in [-0.3, -0.25) is 4.79 Å². The molecule has 0 aromatic heterocycles. The van der Waals surface area contributed by atoms with Crippen LogP contribution in [0.4, 0.5) is 4.39 Å². The molecule has 2 atom stereocenters. The van der Waals surface area contributed by atoms with Crippen molar-refractivity contribution in [1.29, 1.82) is 0 Å². The van der Waals surface area contributed by atoms with E-state index >= 15 is 0 Å². The predicted molar refractivity (Wildman–Crippen MR) is 88.8 cm³/mol. The van der Waals surface area contributed by atoms with E-state index in [0.29, 0.717) is 21.2 Å². The van der Waals surface area contributed by atoms with E-state index in [4.69, 9.17) is 0 Å². The molecule has 0 spiro atoms. The lowest BCUT2D eigenvalue weighted by Gasteiger charge is -2.47. The van der Waals surface area contributed by atoms with Gasteiger partial charge in [0.15, 0.2) is 0 Å². The number of halogens is 2. The molecule has 2 aliphatic heterocycles. The number of hydrogen-bond donors (Lipinski definition) is 1. The van der Waals surface area contributed by atoms with Crippen LogP contribution in [0.1, 0.15) is 42.5 Å². The van der Waals surface area contributed by atoms with Gasteiger partial charge in [-0.15, -0.1) is 0 Å². The molecule has 2 fully saturated rings. The third-order valence-electron chi connectivity index (χ3n) is 4.85. The van der Waals surface area contributed by atoms with Crippen LogP contribution in [-0.2, 0) is 0 Å². The number of hydrogen-bond acceptors (Lipinski definition) is 2. The molecule has 114 valence electrons. The fourth-order valence-electron chi connectivity index (χ4n) is 3.67. The summed E-state index contributed by atoms with van der Waals surface area (Å²) in [6.07, 6.45) is 5.81. The van der Waals surface area contributed by atoms with Crippen molar-refractivity contribution in [2.75, 3.05) is 7.05 Å². The zero-order valence-electron chi connectivity index (χ0n) is 12.1.